The van der Waals surface area contributed by atoms with Crippen molar-refractivity contribution in [3.05, 3.63) is 35.1 Å². The van der Waals surface area contributed by atoms with Gasteiger partial charge in [-0.2, -0.15) is 0 Å². The van der Waals surface area contributed by atoms with E-state index < -0.39 is 0 Å². The van der Waals surface area contributed by atoms with Gasteiger partial charge in [0.15, 0.2) is 0 Å². The van der Waals surface area contributed by atoms with E-state index in [2.05, 4.69) is 13.0 Å². The third-order valence-corrected chi connectivity index (χ3v) is 6.88. The molecule has 0 aromatic heterocycles. The number of halogens is 1. The van der Waals surface area contributed by atoms with E-state index in [4.69, 9.17) is 4.74 Å². The van der Waals surface area contributed by atoms with Gasteiger partial charge in [0, 0.05) is 12.7 Å². The molecule has 0 bridgehead atoms. The molecular weight excluding hydrogens is 311 g/mol. The van der Waals surface area contributed by atoms with Gasteiger partial charge in [-0.05, 0) is 73.8 Å². The highest BCUT2D eigenvalue weighted by molar-refractivity contribution is 5.27. The van der Waals surface area contributed by atoms with Crippen LogP contribution >= 0.6 is 0 Å². The Labute approximate surface area is 153 Å². The van der Waals surface area contributed by atoms with E-state index in [0.717, 1.165) is 17.8 Å². The maximum Gasteiger partial charge on any atom is 0.129 e. The van der Waals surface area contributed by atoms with Crippen molar-refractivity contribution in [2.45, 2.75) is 83.7 Å². The molecule has 0 spiro atoms. The normalized spacial score (nSPS) is 30.4. The SMILES string of the molecule is CCC[C@H]1CC[C@H]([C@H]2CC[C@H](c3ccc(COC)c(F)c3)CC2)CC1. The summed E-state index contributed by atoms with van der Waals surface area (Å²) in [5, 5.41) is 0. The third-order valence-electron chi connectivity index (χ3n) is 6.88. The molecule has 2 heteroatoms. The van der Waals surface area contributed by atoms with E-state index in [1.165, 1.54) is 69.8 Å². The summed E-state index contributed by atoms with van der Waals surface area (Å²) in [4.78, 5) is 0. The molecule has 0 radical (unpaired) electrons. The number of rotatable bonds is 6. The predicted octanol–water partition coefficient (Wildman–Crippen LogP) is 6.85. The number of ether oxygens (including phenoxy) is 1. The molecule has 1 aromatic carbocycles. The zero-order valence-corrected chi connectivity index (χ0v) is 16.1. The first kappa shape index (κ1) is 18.9. The standard InChI is InChI=1S/C23H35FO/c1-3-4-17-5-7-18(8-6-17)19-9-11-20(12-10-19)21-13-14-22(16-25-2)23(24)15-21/h13-15,17-20H,3-12,16H2,1-2H3/t17-,18-,19-,20-. The minimum atomic E-state index is -0.101. The molecule has 0 aliphatic heterocycles. The maximum atomic E-state index is 14.2. The molecule has 2 fully saturated rings. The fraction of sp³-hybridized carbons (Fsp3) is 0.739. The molecule has 0 saturated heterocycles. The highest BCUT2D eigenvalue weighted by Crippen LogP contribution is 2.44. The van der Waals surface area contributed by atoms with Gasteiger partial charge in [0.1, 0.15) is 5.82 Å². The summed E-state index contributed by atoms with van der Waals surface area (Å²) in [5.41, 5.74) is 1.87. The van der Waals surface area contributed by atoms with E-state index in [1.54, 1.807) is 13.2 Å². The molecule has 2 aliphatic carbocycles. The summed E-state index contributed by atoms with van der Waals surface area (Å²) in [7, 11) is 1.62. The Morgan fingerprint density at radius 2 is 1.60 bits per heavy atom. The summed E-state index contributed by atoms with van der Waals surface area (Å²) in [5.74, 6) is 3.35. The van der Waals surface area contributed by atoms with Crippen LogP contribution in [0.4, 0.5) is 4.39 Å². The van der Waals surface area contributed by atoms with E-state index in [0.29, 0.717) is 18.1 Å². The van der Waals surface area contributed by atoms with E-state index >= 15 is 0 Å². The number of hydrogen-bond acceptors (Lipinski definition) is 1. The minimum Gasteiger partial charge on any atom is -0.380 e. The lowest BCUT2D eigenvalue weighted by molar-refractivity contribution is 0.156. The van der Waals surface area contributed by atoms with E-state index in [9.17, 15) is 4.39 Å². The van der Waals surface area contributed by atoms with Crippen LogP contribution in [0.15, 0.2) is 18.2 Å². The first-order valence-corrected chi connectivity index (χ1v) is 10.5. The topological polar surface area (TPSA) is 9.23 Å². The lowest BCUT2D eigenvalue weighted by Crippen LogP contribution is -2.25. The Morgan fingerprint density at radius 1 is 0.960 bits per heavy atom. The monoisotopic (exact) mass is 346 g/mol. The molecule has 3 rings (SSSR count). The molecule has 2 aliphatic rings. The lowest BCUT2D eigenvalue weighted by Gasteiger charge is -2.38. The van der Waals surface area contributed by atoms with Crippen LogP contribution in [-0.2, 0) is 11.3 Å². The van der Waals surface area contributed by atoms with Crippen molar-refractivity contribution < 1.29 is 9.13 Å². The lowest BCUT2D eigenvalue weighted by atomic mass is 9.68. The summed E-state index contributed by atoms with van der Waals surface area (Å²) in [6.45, 7) is 2.68. The summed E-state index contributed by atoms with van der Waals surface area (Å²) >= 11 is 0. The van der Waals surface area contributed by atoms with E-state index in [-0.39, 0.29) is 5.82 Å². The number of benzene rings is 1. The van der Waals surface area contributed by atoms with Crippen LogP contribution in [0.1, 0.15) is 88.2 Å². The Kier molecular flexibility index (Phi) is 6.92. The zero-order valence-electron chi connectivity index (χ0n) is 16.1. The largest absolute Gasteiger partial charge is 0.380 e. The first-order chi connectivity index (χ1) is 12.2. The average Bonchev–Trinajstić information content (AvgIpc) is 2.65. The fourth-order valence-electron chi connectivity index (χ4n) is 5.37. The van der Waals surface area contributed by atoms with Crippen molar-refractivity contribution in [1.82, 2.24) is 0 Å². The van der Waals surface area contributed by atoms with Gasteiger partial charge >= 0.3 is 0 Å². The van der Waals surface area contributed by atoms with Crippen LogP contribution in [0.2, 0.25) is 0 Å². The van der Waals surface area contributed by atoms with Gasteiger partial charge in [0.2, 0.25) is 0 Å². The minimum absolute atomic E-state index is 0.101. The summed E-state index contributed by atoms with van der Waals surface area (Å²) < 4.78 is 19.2. The van der Waals surface area contributed by atoms with Crippen LogP contribution in [0.5, 0.6) is 0 Å². The summed E-state index contributed by atoms with van der Waals surface area (Å²) in [6.07, 6.45) is 13.8. The molecular formula is C23H35FO. The quantitative estimate of drug-likeness (QED) is 0.547. The molecule has 0 unspecified atom stereocenters. The Morgan fingerprint density at radius 3 is 2.16 bits per heavy atom. The number of methoxy groups -OCH3 is 1. The van der Waals surface area contributed by atoms with Gasteiger partial charge in [0.25, 0.3) is 0 Å². The second kappa shape index (κ2) is 9.16. The molecule has 2 saturated carbocycles. The van der Waals surface area contributed by atoms with Gasteiger partial charge < -0.3 is 4.74 Å². The zero-order chi connectivity index (χ0) is 17.6. The van der Waals surface area contributed by atoms with Crippen molar-refractivity contribution >= 4 is 0 Å². The van der Waals surface area contributed by atoms with Crippen molar-refractivity contribution in [2.75, 3.05) is 7.11 Å². The van der Waals surface area contributed by atoms with Crippen LogP contribution in [0.25, 0.3) is 0 Å². The molecule has 1 nitrogen and oxygen atoms in total. The van der Waals surface area contributed by atoms with Crippen molar-refractivity contribution in [3.8, 4) is 0 Å². The maximum absolute atomic E-state index is 14.2. The second-order valence-electron chi connectivity index (χ2n) is 8.47. The van der Waals surface area contributed by atoms with E-state index in [1.807, 2.05) is 6.07 Å². The Hall–Kier alpha value is -0.890. The van der Waals surface area contributed by atoms with Gasteiger partial charge in [-0.1, -0.05) is 44.7 Å². The molecule has 0 heterocycles. The predicted molar refractivity (Wildman–Crippen MR) is 102 cm³/mol. The van der Waals surface area contributed by atoms with Crippen molar-refractivity contribution in [2.24, 2.45) is 17.8 Å². The molecule has 25 heavy (non-hydrogen) atoms. The van der Waals surface area contributed by atoms with Crippen LogP contribution in [-0.4, -0.2) is 7.11 Å². The van der Waals surface area contributed by atoms with Crippen LogP contribution in [0, 0.1) is 23.6 Å². The van der Waals surface area contributed by atoms with Gasteiger partial charge in [0.05, 0.1) is 6.61 Å². The highest BCUT2D eigenvalue weighted by atomic mass is 19.1. The number of hydrogen-bond donors (Lipinski definition) is 0. The van der Waals surface area contributed by atoms with Crippen molar-refractivity contribution in [3.63, 3.8) is 0 Å². The molecule has 0 atom stereocenters. The van der Waals surface area contributed by atoms with Crippen LogP contribution < -0.4 is 0 Å². The van der Waals surface area contributed by atoms with Gasteiger partial charge in [-0.15, -0.1) is 0 Å². The average molecular weight is 347 g/mol. The Balaban J connectivity index is 1.50. The smallest absolute Gasteiger partial charge is 0.129 e. The van der Waals surface area contributed by atoms with Crippen molar-refractivity contribution in [1.29, 1.82) is 0 Å². The molecule has 0 amide bonds. The molecule has 140 valence electrons. The fourth-order valence-corrected chi connectivity index (χ4v) is 5.37. The molecule has 0 N–H and O–H groups in total. The van der Waals surface area contributed by atoms with Gasteiger partial charge in [-0.25, -0.2) is 4.39 Å². The van der Waals surface area contributed by atoms with Gasteiger partial charge in [-0.3, -0.25) is 0 Å². The molecule has 1 aromatic rings. The second-order valence-corrected chi connectivity index (χ2v) is 8.47. The third kappa shape index (κ3) is 4.84. The Bertz CT molecular complexity index is 525. The summed E-state index contributed by atoms with van der Waals surface area (Å²) in [6, 6.07) is 5.79. The first-order valence-electron chi connectivity index (χ1n) is 10.5. The van der Waals surface area contributed by atoms with Crippen LogP contribution in [0.3, 0.4) is 0 Å². The highest BCUT2D eigenvalue weighted by Gasteiger charge is 2.31.